The second kappa shape index (κ2) is 8.13. The number of carbonyl (C=O) groups excluding carboxylic acids is 2. The van der Waals surface area contributed by atoms with Gasteiger partial charge in [-0.05, 0) is 40.5 Å². The highest BCUT2D eigenvalue weighted by molar-refractivity contribution is 5.81. The molecule has 1 fully saturated rings. The van der Waals surface area contributed by atoms with Crippen LogP contribution in [0.3, 0.4) is 0 Å². The maximum Gasteiger partial charge on any atom is 0.276 e. The molecule has 0 radical (unpaired) electrons. The van der Waals surface area contributed by atoms with Gasteiger partial charge in [0.25, 0.3) is 5.56 Å². The Morgan fingerprint density at radius 2 is 1.90 bits per heavy atom. The number of aromatic amines is 1. The van der Waals surface area contributed by atoms with E-state index in [0.717, 1.165) is 12.1 Å². The van der Waals surface area contributed by atoms with Crippen LogP contribution < -0.4 is 10.9 Å². The summed E-state index contributed by atoms with van der Waals surface area (Å²) in [5.74, 6) is 0.208. The first kappa shape index (κ1) is 23.0. The minimum atomic E-state index is -0.404. The molecule has 0 aliphatic carbocycles. The fraction of sp³-hybridized carbons (Fsp3) is 0.652. The molecule has 1 aliphatic rings. The number of carbonyl (C=O) groups is 2. The lowest BCUT2D eigenvalue weighted by Gasteiger charge is -2.25. The van der Waals surface area contributed by atoms with Crippen LogP contribution in [0.5, 0.6) is 0 Å². The normalized spacial score (nSPS) is 17.4. The van der Waals surface area contributed by atoms with Crippen molar-refractivity contribution in [2.75, 3.05) is 13.1 Å². The van der Waals surface area contributed by atoms with Crippen molar-refractivity contribution in [1.82, 2.24) is 24.8 Å². The first-order chi connectivity index (χ1) is 14.3. The van der Waals surface area contributed by atoms with Crippen LogP contribution in [0.15, 0.2) is 10.9 Å². The van der Waals surface area contributed by atoms with E-state index in [0.29, 0.717) is 36.4 Å². The standard InChI is InChI=1S/C23H35N5O3/c1-14-16(8-9-19(29)25-23(5,6)7)20(30)28-18(24-14)12-17(26-28)15-10-11-27(13-15)21(31)22(2,3)4/h12,15,26H,8-11,13H2,1-7H3,(H,25,29)/t15-/m0/s1. The second-order valence-electron chi connectivity index (χ2n) is 10.7. The highest BCUT2D eigenvalue weighted by Crippen LogP contribution is 2.30. The lowest BCUT2D eigenvalue weighted by Crippen LogP contribution is -2.40. The van der Waals surface area contributed by atoms with E-state index in [9.17, 15) is 14.4 Å². The van der Waals surface area contributed by atoms with Crippen LogP contribution in [-0.4, -0.2) is 49.9 Å². The molecular formula is C23H35N5O3. The van der Waals surface area contributed by atoms with Crippen LogP contribution in [0.4, 0.5) is 0 Å². The van der Waals surface area contributed by atoms with Crippen LogP contribution >= 0.6 is 0 Å². The van der Waals surface area contributed by atoms with E-state index in [2.05, 4.69) is 15.4 Å². The third-order valence-electron chi connectivity index (χ3n) is 5.61. The number of rotatable bonds is 4. The van der Waals surface area contributed by atoms with Gasteiger partial charge in [0.05, 0.1) is 0 Å². The molecule has 0 bridgehead atoms. The summed E-state index contributed by atoms with van der Waals surface area (Å²) in [6.45, 7) is 14.7. The highest BCUT2D eigenvalue weighted by atomic mass is 16.2. The monoisotopic (exact) mass is 429 g/mol. The first-order valence-corrected chi connectivity index (χ1v) is 11.0. The average Bonchev–Trinajstić information content (AvgIpc) is 3.25. The van der Waals surface area contributed by atoms with Gasteiger partial charge in [0.1, 0.15) is 0 Å². The van der Waals surface area contributed by atoms with Gasteiger partial charge in [-0.25, -0.2) is 9.50 Å². The van der Waals surface area contributed by atoms with Crippen molar-refractivity contribution in [3.63, 3.8) is 0 Å². The summed E-state index contributed by atoms with van der Waals surface area (Å²) in [5, 5.41) is 6.12. The molecule has 0 saturated carbocycles. The topological polar surface area (TPSA) is 99.6 Å². The van der Waals surface area contributed by atoms with Gasteiger partial charge in [0.15, 0.2) is 5.65 Å². The molecule has 2 amide bonds. The molecule has 3 heterocycles. The predicted octanol–water partition coefficient (Wildman–Crippen LogP) is 2.54. The van der Waals surface area contributed by atoms with Crippen molar-refractivity contribution >= 4 is 17.5 Å². The number of aryl methyl sites for hydroxylation is 1. The second-order valence-corrected chi connectivity index (χ2v) is 10.7. The van der Waals surface area contributed by atoms with Crippen molar-refractivity contribution in [3.05, 3.63) is 33.4 Å². The summed E-state index contributed by atoms with van der Waals surface area (Å²) in [4.78, 5) is 44.3. The molecule has 1 aliphatic heterocycles. The smallest absolute Gasteiger partial charge is 0.276 e. The van der Waals surface area contributed by atoms with Gasteiger partial charge in [-0.2, -0.15) is 0 Å². The SMILES string of the molecule is Cc1nc2cc([C@H]3CCN(C(=O)C(C)(C)C)C3)[nH]n2c(=O)c1CCC(=O)NC(C)(C)C. The Bertz CT molecular complexity index is 1050. The summed E-state index contributed by atoms with van der Waals surface area (Å²) in [5.41, 5.74) is 1.80. The summed E-state index contributed by atoms with van der Waals surface area (Å²) in [6.07, 6.45) is 1.43. The Kier molecular flexibility index (Phi) is 6.04. The first-order valence-electron chi connectivity index (χ1n) is 11.0. The predicted molar refractivity (Wildman–Crippen MR) is 120 cm³/mol. The number of hydrogen-bond acceptors (Lipinski definition) is 4. The minimum Gasteiger partial charge on any atom is -0.351 e. The van der Waals surface area contributed by atoms with Gasteiger partial charge in [0.2, 0.25) is 11.8 Å². The molecule has 2 aromatic rings. The number of nitrogens with zero attached hydrogens (tertiary/aromatic N) is 3. The Labute approximate surface area is 183 Å². The molecule has 2 N–H and O–H groups in total. The van der Waals surface area contributed by atoms with Crippen LogP contribution in [-0.2, 0) is 16.0 Å². The van der Waals surface area contributed by atoms with Crippen LogP contribution in [0, 0.1) is 12.3 Å². The van der Waals surface area contributed by atoms with E-state index < -0.39 is 5.41 Å². The lowest BCUT2D eigenvalue weighted by atomic mass is 9.95. The molecule has 1 saturated heterocycles. The fourth-order valence-electron chi connectivity index (χ4n) is 4.08. The van der Waals surface area contributed by atoms with Crippen molar-refractivity contribution in [3.8, 4) is 0 Å². The molecule has 8 nitrogen and oxygen atoms in total. The molecule has 2 aromatic heterocycles. The molecule has 8 heteroatoms. The Morgan fingerprint density at radius 1 is 1.23 bits per heavy atom. The summed E-state index contributed by atoms with van der Waals surface area (Å²) in [7, 11) is 0. The minimum absolute atomic E-state index is 0.0851. The van der Waals surface area contributed by atoms with E-state index in [1.807, 2.05) is 59.4 Å². The maximum absolute atomic E-state index is 13.1. The van der Waals surface area contributed by atoms with Crippen LogP contribution in [0.25, 0.3) is 5.65 Å². The van der Waals surface area contributed by atoms with Gasteiger partial charge in [-0.3, -0.25) is 19.5 Å². The number of aromatic nitrogens is 3. The quantitative estimate of drug-likeness (QED) is 0.780. The number of hydrogen-bond donors (Lipinski definition) is 2. The fourth-order valence-corrected chi connectivity index (χ4v) is 4.08. The zero-order valence-corrected chi connectivity index (χ0v) is 19.8. The molecule has 1 atom stereocenters. The summed E-state index contributed by atoms with van der Waals surface area (Å²) >= 11 is 0. The van der Waals surface area contributed by atoms with Crippen LogP contribution in [0.2, 0.25) is 0 Å². The lowest BCUT2D eigenvalue weighted by molar-refractivity contribution is -0.138. The average molecular weight is 430 g/mol. The van der Waals surface area contributed by atoms with Crippen molar-refractivity contribution in [1.29, 1.82) is 0 Å². The van der Waals surface area contributed by atoms with E-state index in [1.54, 1.807) is 0 Å². The van der Waals surface area contributed by atoms with E-state index >= 15 is 0 Å². The maximum atomic E-state index is 13.1. The molecule has 31 heavy (non-hydrogen) atoms. The van der Waals surface area contributed by atoms with Gasteiger partial charge in [0, 0.05) is 59.4 Å². The third kappa shape index (κ3) is 5.17. The Balaban J connectivity index is 1.79. The number of likely N-dealkylation sites (tertiary alicyclic amines) is 1. The van der Waals surface area contributed by atoms with Crippen LogP contribution in [0.1, 0.15) is 77.3 Å². The van der Waals surface area contributed by atoms with Crippen molar-refractivity contribution in [2.24, 2.45) is 5.41 Å². The van der Waals surface area contributed by atoms with Gasteiger partial charge in [-0.15, -0.1) is 0 Å². The summed E-state index contributed by atoms with van der Waals surface area (Å²) in [6, 6.07) is 1.90. The number of nitrogens with one attached hydrogen (secondary N) is 2. The van der Waals surface area contributed by atoms with Crippen molar-refractivity contribution < 1.29 is 9.59 Å². The van der Waals surface area contributed by atoms with Gasteiger partial charge >= 0.3 is 0 Å². The van der Waals surface area contributed by atoms with E-state index in [4.69, 9.17) is 0 Å². The third-order valence-corrected chi connectivity index (χ3v) is 5.61. The zero-order valence-electron chi connectivity index (χ0n) is 19.8. The molecule has 0 spiro atoms. The molecule has 170 valence electrons. The Hall–Kier alpha value is -2.64. The highest BCUT2D eigenvalue weighted by Gasteiger charge is 2.34. The Morgan fingerprint density at radius 3 is 2.52 bits per heavy atom. The van der Waals surface area contributed by atoms with Gasteiger partial charge < -0.3 is 10.2 Å². The van der Waals surface area contributed by atoms with Crippen molar-refractivity contribution in [2.45, 2.75) is 79.2 Å². The number of H-pyrrole nitrogens is 1. The number of amides is 2. The van der Waals surface area contributed by atoms with Gasteiger partial charge in [-0.1, -0.05) is 20.8 Å². The van der Waals surface area contributed by atoms with E-state index in [-0.39, 0.29) is 35.3 Å². The molecule has 0 unspecified atom stereocenters. The largest absolute Gasteiger partial charge is 0.351 e. The molecular weight excluding hydrogens is 394 g/mol. The molecule has 3 rings (SSSR count). The number of fused-ring (bicyclic) bond motifs is 1. The molecule has 0 aromatic carbocycles. The zero-order chi connectivity index (χ0) is 23.1. The van der Waals surface area contributed by atoms with E-state index in [1.165, 1.54) is 4.52 Å². The summed E-state index contributed by atoms with van der Waals surface area (Å²) < 4.78 is 1.47.